The molecule has 0 saturated carbocycles. The molecule has 3 rings (SSSR count). The van der Waals surface area contributed by atoms with Crippen LogP contribution in [-0.2, 0) is 6.61 Å². The van der Waals surface area contributed by atoms with Gasteiger partial charge in [-0.3, -0.25) is 0 Å². The number of nitrogens with zero attached hydrogens (tertiary/aromatic N) is 2. The minimum Gasteiger partial charge on any atom is -0.488 e. The third kappa shape index (κ3) is 3.79. The normalized spacial score (nSPS) is 10.7. The van der Waals surface area contributed by atoms with Gasteiger partial charge in [0.25, 0.3) is 0 Å². The van der Waals surface area contributed by atoms with Crippen LogP contribution in [0, 0.1) is 0 Å². The highest BCUT2D eigenvalue weighted by Gasteiger charge is 2.01. The lowest BCUT2D eigenvalue weighted by molar-refractivity contribution is 0.306. The second-order valence-electron chi connectivity index (χ2n) is 4.76. The Morgan fingerprint density at radius 1 is 0.864 bits per heavy atom. The molecule has 0 amide bonds. The first kappa shape index (κ1) is 14.0. The van der Waals surface area contributed by atoms with Gasteiger partial charge in [-0.05, 0) is 29.8 Å². The van der Waals surface area contributed by atoms with Crippen LogP contribution in [0.4, 0.5) is 5.82 Å². The molecule has 0 unspecified atom stereocenters. The summed E-state index contributed by atoms with van der Waals surface area (Å²) in [6, 6.07) is 23.6. The van der Waals surface area contributed by atoms with E-state index >= 15 is 0 Å². The number of aliphatic imine (C=N–C) groups is 1. The Hall–Kier alpha value is -2.94. The van der Waals surface area contributed by atoms with Crippen LogP contribution in [0.3, 0.4) is 0 Å². The summed E-state index contributed by atoms with van der Waals surface area (Å²) in [4.78, 5) is 8.55. The number of benzene rings is 2. The molecule has 0 N–H and O–H groups in total. The number of hydrogen-bond donors (Lipinski definition) is 0. The molecule has 3 nitrogen and oxygen atoms in total. The average Bonchev–Trinajstić information content (AvgIpc) is 2.61. The summed E-state index contributed by atoms with van der Waals surface area (Å²) < 4.78 is 5.90. The molecule has 0 bridgehead atoms. The van der Waals surface area contributed by atoms with E-state index in [0.717, 1.165) is 16.9 Å². The zero-order chi connectivity index (χ0) is 15.0. The average molecular weight is 288 g/mol. The smallest absolute Gasteiger partial charge is 0.151 e. The van der Waals surface area contributed by atoms with Gasteiger partial charge in [-0.15, -0.1) is 0 Å². The zero-order valence-electron chi connectivity index (χ0n) is 12.1. The van der Waals surface area contributed by atoms with Gasteiger partial charge in [-0.25, -0.2) is 9.98 Å². The maximum Gasteiger partial charge on any atom is 0.151 e. The van der Waals surface area contributed by atoms with Gasteiger partial charge < -0.3 is 4.74 Å². The van der Waals surface area contributed by atoms with Crippen LogP contribution in [0.15, 0.2) is 84.0 Å². The predicted octanol–water partition coefficient (Wildman–Crippen LogP) is 4.41. The quantitative estimate of drug-likeness (QED) is 0.652. The number of pyridine rings is 1. The van der Waals surface area contributed by atoms with Crippen molar-refractivity contribution in [1.82, 2.24) is 4.98 Å². The molecule has 3 heteroatoms. The summed E-state index contributed by atoms with van der Waals surface area (Å²) in [5, 5.41) is 0. The summed E-state index contributed by atoms with van der Waals surface area (Å²) in [5.74, 6) is 1.49. The second kappa shape index (κ2) is 7.18. The van der Waals surface area contributed by atoms with Crippen LogP contribution in [0.1, 0.15) is 11.1 Å². The van der Waals surface area contributed by atoms with Gasteiger partial charge in [0.15, 0.2) is 5.82 Å². The highest BCUT2D eigenvalue weighted by molar-refractivity contribution is 5.85. The van der Waals surface area contributed by atoms with E-state index in [4.69, 9.17) is 4.74 Å². The molecule has 0 spiro atoms. The Bertz CT molecular complexity index is 740. The van der Waals surface area contributed by atoms with Gasteiger partial charge in [0.1, 0.15) is 12.4 Å². The minimum absolute atomic E-state index is 0.537. The lowest BCUT2D eigenvalue weighted by atomic mass is 10.2. The molecule has 2 aromatic carbocycles. The van der Waals surface area contributed by atoms with Crippen LogP contribution in [0.2, 0.25) is 0 Å². The number of ether oxygens (including phenoxy) is 1. The highest BCUT2D eigenvalue weighted by atomic mass is 16.5. The topological polar surface area (TPSA) is 34.5 Å². The standard InChI is InChI=1S/C19H16N2O/c1-2-8-16(9-3-1)15-22-18-11-5-4-10-17(18)14-21-19-12-6-7-13-20-19/h1-14H,15H2. The Morgan fingerprint density at radius 2 is 1.64 bits per heavy atom. The van der Waals surface area contributed by atoms with Crippen molar-refractivity contribution >= 4 is 12.0 Å². The van der Waals surface area contributed by atoms with E-state index in [2.05, 4.69) is 9.98 Å². The van der Waals surface area contributed by atoms with Crippen molar-refractivity contribution in [3.05, 3.63) is 90.1 Å². The Morgan fingerprint density at radius 3 is 2.45 bits per heavy atom. The van der Waals surface area contributed by atoms with Gasteiger partial charge >= 0.3 is 0 Å². The maximum absolute atomic E-state index is 5.90. The van der Waals surface area contributed by atoms with E-state index in [1.54, 1.807) is 12.4 Å². The molecular weight excluding hydrogens is 272 g/mol. The van der Waals surface area contributed by atoms with Crippen LogP contribution in [0.5, 0.6) is 5.75 Å². The summed E-state index contributed by atoms with van der Waals surface area (Å²) in [6.07, 6.45) is 3.51. The molecular formula is C19H16N2O. The van der Waals surface area contributed by atoms with Crippen LogP contribution < -0.4 is 4.74 Å². The molecule has 1 aromatic heterocycles. The third-order valence-corrected chi connectivity index (χ3v) is 3.14. The van der Waals surface area contributed by atoms with E-state index in [1.807, 2.05) is 72.8 Å². The van der Waals surface area contributed by atoms with Crippen molar-refractivity contribution in [1.29, 1.82) is 0 Å². The molecule has 22 heavy (non-hydrogen) atoms. The van der Waals surface area contributed by atoms with Crippen LogP contribution >= 0.6 is 0 Å². The predicted molar refractivity (Wildman–Crippen MR) is 88.7 cm³/mol. The van der Waals surface area contributed by atoms with Gasteiger partial charge in [0.05, 0.1) is 0 Å². The van der Waals surface area contributed by atoms with Crippen molar-refractivity contribution in [3.8, 4) is 5.75 Å². The van der Waals surface area contributed by atoms with E-state index < -0.39 is 0 Å². The monoisotopic (exact) mass is 288 g/mol. The first-order valence-corrected chi connectivity index (χ1v) is 7.13. The van der Waals surface area contributed by atoms with Crippen LogP contribution in [0.25, 0.3) is 0 Å². The number of hydrogen-bond acceptors (Lipinski definition) is 3. The first-order chi connectivity index (χ1) is 10.9. The van der Waals surface area contributed by atoms with Gasteiger partial charge in [-0.2, -0.15) is 0 Å². The molecule has 0 radical (unpaired) electrons. The maximum atomic E-state index is 5.90. The molecule has 0 aliphatic heterocycles. The summed E-state index contributed by atoms with van der Waals surface area (Å²) >= 11 is 0. The fourth-order valence-electron chi connectivity index (χ4n) is 2.02. The zero-order valence-corrected chi connectivity index (χ0v) is 12.1. The lowest BCUT2D eigenvalue weighted by Gasteiger charge is -2.08. The number of aromatic nitrogens is 1. The Balaban J connectivity index is 1.74. The summed E-state index contributed by atoms with van der Waals surface area (Å²) in [7, 11) is 0. The molecule has 0 aliphatic rings. The molecule has 0 aliphatic carbocycles. The third-order valence-electron chi connectivity index (χ3n) is 3.14. The van der Waals surface area contributed by atoms with Crippen molar-refractivity contribution in [3.63, 3.8) is 0 Å². The van der Waals surface area contributed by atoms with E-state index in [9.17, 15) is 0 Å². The van der Waals surface area contributed by atoms with Crippen molar-refractivity contribution in [2.24, 2.45) is 4.99 Å². The highest BCUT2D eigenvalue weighted by Crippen LogP contribution is 2.18. The van der Waals surface area contributed by atoms with Gasteiger partial charge in [0, 0.05) is 18.0 Å². The summed E-state index contributed by atoms with van der Waals surface area (Å²) in [5.41, 5.74) is 2.07. The van der Waals surface area contributed by atoms with E-state index in [1.165, 1.54) is 0 Å². The van der Waals surface area contributed by atoms with Crippen LogP contribution in [-0.4, -0.2) is 11.2 Å². The lowest BCUT2D eigenvalue weighted by Crippen LogP contribution is -1.98. The van der Waals surface area contributed by atoms with Gasteiger partial charge in [-0.1, -0.05) is 48.5 Å². The Kier molecular flexibility index (Phi) is 4.57. The number of para-hydroxylation sites is 1. The molecule has 0 atom stereocenters. The minimum atomic E-state index is 0.537. The second-order valence-corrected chi connectivity index (χ2v) is 4.76. The molecule has 108 valence electrons. The van der Waals surface area contributed by atoms with Crippen molar-refractivity contribution in [2.45, 2.75) is 6.61 Å². The SMILES string of the molecule is C(=Nc1ccccn1)c1ccccc1OCc1ccccc1. The molecule has 0 saturated heterocycles. The summed E-state index contributed by atoms with van der Waals surface area (Å²) in [6.45, 7) is 0.537. The largest absolute Gasteiger partial charge is 0.488 e. The number of rotatable bonds is 5. The first-order valence-electron chi connectivity index (χ1n) is 7.13. The van der Waals surface area contributed by atoms with E-state index in [0.29, 0.717) is 12.4 Å². The fourth-order valence-corrected chi connectivity index (χ4v) is 2.02. The molecule has 3 aromatic rings. The molecule has 0 fully saturated rings. The van der Waals surface area contributed by atoms with Gasteiger partial charge in [0.2, 0.25) is 0 Å². The fraction of sp³-hybridized carbons (Fsp3) is 0.0526. The van der Waals surface area contributed by atoms with Crippen molar-refractivity contribution < 1.29 is 4.74 Å². The van der Waals surface area contributed by atoms with Crippen molar-refractivity contribution in [2.75, 3.05) is 0 Å². The Labute approximate surface area is 130 Å². The van der Waals surface area contributed by atoms with E-state index in [-0.39, 0.29) is 0 Å². The molecule has 1 heterocycles.